The Morgan fingerprint density at radius 2 is 1.77 bits per heavy atom. The van der Waals surface area contributed by atoms with Crippen LogP contribution in [0.1, 0.15) is 44.2 Å². The van der Waals surface area contributed by atoms with Crippen molar-refractivity contribution >= 4 is 17.8 Å². The van der Waals surface area contributed by atoms with E-state index in [1.165, 1.54) is 19.1 Å². The molecule has 0 unspecified atom stereocenters. The molecule has 0 aromatic heterocycles. The van der Waals surface area contributed by atoms with Gasteiger partial charge in [0.05, 0.1) is 0 Å². The minimum absolute atomic E-state index is 0.260. The molecule has 0 saturated heterocycles. The Bertz CT molecular complexity index is 832. The first-order valence-electron chi connectivity index (χ1n) is 9.94. The molecule has 1 heterocycles. The van der Waals surface area contributed by atoms with E-state index in [9.17, 15) is 27.6 Å². The molecular formula is C21H26F3N3O4. The molecule has 2 rings (SSSR count). The van der Waals surface area contributed by atoms with Crippen LogP contribution in [0.15, 0.2) is 36.4 Å². The number of hydrogen-bond donors (Lipinski definition) is 2. The van der Waals surface area contributed by atoms with Crippen LogP contribution in [0.3, 0.4) is 0 Å². The average Bonchev–Trinajstić information content (AvgIpc) is 3.15. The number of nitrogens with zero attached hydrogens (tertiary/aromatic N) is 1. The molecule has 0 fully saturated rings. The van der Waals surface area contributed by atoms with Gasteiger partial charge in [0.2, 0.25) is 11.6 Å². The van der Waals surface area contributed by atoms with E-state index in [2.05, 4.69) is 10.1 Å². The van der Waals surface area contributed by atoms with Gasteiger partial charge in [0.1, 0.15) is 0 Å². The van der Waals surface area contributed by atoms with E-state index >= 15 is 0 Å². The fraction of sp³-hybridized carbons (Fsp3) is 0.476. The Hall–Kier alpha value is -2.88. The number of hydrogen-bond acceptors (Lipinski definition) is 5. The highest BCUT2D eigenvalue weighted by Crippen LogP contribution is 2.23. The van der Waals surface area contributed by atoms with Crippen molar-refractivity contribution in [3.05, 3.63) is 47.5 Å². The van der Waals surface area contributed by atoms with Gasteiger partial charge in [0.15, 0.2) is 0 Å². The summed E-state index contributed by atoms with van der Waals surface area (Å²) < 4.78 is 41.7. The zero-order valence-corrected chi connectivity index (χ0v) is 17.4. The highest BCUT2D eigenvalue weighted by atomic mass is 19.4. The molecule has 1 aromatic rings. The topological polar surface area (TPSA) is 102 Å². The number of carbonyl (C=O) groups is 3. The molecule has 0 saturated carbocycles. The van der Waals surface area contributed by atoms with Crippen LogP contribution in [0.4, 0.5) is 13.2 Å². The molecule has 31 heavy (non-hydrogen) atoms. The molecule has 0 radical (unpaired) electrons. The maximum absolute atomic E-state index is 12.5. The maximum atomic E-state index is 12.5. The van der Waals surface area contributed by atoms with Gasteiger partial charge in [0, 0.05) is 31.6 Å². The molecule has 3 N–H and O–H groups in total. The fourth-order valence-electron chi connectivity index (χ4n) is 3.11. The molecule has 1 aliphatic rings. The van der Waals surface area contributed by atoms with Gasteiger partial charge < -0.3 is 15.0 Å². The first-order chi connectivity index (χ1) is 14.5. The summed E-state index contributed by atoms with van der Waals surface area (Å²) in [4.78, 5) is 37.8. The van der Waals surface area contributed by atoms with E-state index in [0.717, 1.165) is 11.1 Å². The smallest absolute Gasteiger partial charge is 0.428 e. The van der Waals surface area contributed by atoms with Crippen LogP contribution in [0.5, 0.6) is 0 Å². The van der Waals surface area contributed by atoms with Crippen molar-refractivity contribution in [3.63, 3.8) is 0 Å². The third-order valence-electron chi connectivity index (χ3n) is 4.96. The number of fused-ring (bicyclic) bond motifs is 1. The molecule has 7 nitrogen and oxygen atoms in total. The number of alkyl halides is 3. The van der Waals surface area contributed by atoms with Gasteiger partial charge in [-0.2, -0.15) is 13.2 Å². The zero-order valence-electron chi connectivity index (χ0n) is 17.4. The Morgan fingerprint density at radius 3 is 2.26 bits per heavy atom. The van der Waals surface area contributed by atoms with Crippen LogP contribution >= 0.6 is 0 Å². The van der Waals surface area contributed by atoms with Gasteiger partial charge in [-0.15, -0.1) is 0 Å². The van der Waals surface area contributed by atoms with Gasteiger partial charge in [-0.1, -0.05) is 50.6 Å². The SMILES string of the molecule is CCC[C@@H](/C=C/C(=O)N1Cc2ccccc2C1)NC(=O)[C@](N)(CC)OC(=O)C(F)(F)F. The second-order valence-corrected chi connectivity index (χ2v) is 7.32. The largest absolute Gasteiger partial charge is 0.491 e. The molecule has 0 aliphatic carbocycles. The Labute approximate surface area is 178 Å². The van der Waals surface area contributed by atoms with E-state index in [1.807, 2.05) is 31.2 Å². The standard InChI is InChI=1S/C21H26F3N3O4/c1-3-7-16(26-18(29)20(25,4-2)31-19(30)21(22,23)24)10-11-17(28)27-12-14-8-5-6-9-15(14)13-27/h5-6,8-11,16H,3-4,7,12-13,25H2,1-2H3,(H,26,29)/b11-10+/t16-,20-/m0/s1. The molecule has 0 spiro atoms. The lowest BCUT2D eigenvalue weighted by Gasteiger charge is -2.28. The third kappa shape index (κ3) is 6.30. The van der Waals surface area contributed by atoms with E-state index in [4.69, 9.17) is 5.73 Å². The van der Waals surface area contributed by atoms with Crippen LogP contribution in [0, 0.1) is 0 Å². The van der Waals surface area contributed by atoms with Crippen LogP contribution in [0.25, 0.3) is 0 Å². The van der Waals surface area contributed by atoms with Crippen LogP contribution in [-0.2, 0) is 32.2 Å². The van der Waals surface area contributed by atoms with Gasteiger partial charge in [-0.3, -0.25) is 15.3 Å². The van der Waals surface area contributed by atoms with E-state index in [0.29, 0.717) is 25.9 Å². The van der Waals surface area contributed by atoms with Crippen LogP contribution in [-0.4, -0.2) is 40.6 Å². The number of rotatable bonds is 8. The maximum Gasteiger partial charge on any atom is 0.491 e. The lowest BCUT2D eigenvalue weighted by molar-refractivity contribution is -0.214. The van der Waals surface area contributed by atoms with Gasteiger partial charge >= 0.3 is 12.1 Å². The van der Waals surface area contributed by atoms with E-state index in [-0.39, 0.29) is 12.3 Å². The molecule has 2 amide bonds. The van der Waals surface area contributed by atoms with Crippen molar-refractivity contribution < 1.29 is 32.3 Å². The summed E-state index contributed by atoms with van der Waals surface area (Å²) in [6, 6.07) is 7.01. The third-order valence-corrected chi connectivity index (χ3v) is 4.96. The Balaban J connectivity index is 2.03. The second-order valence-electron chi connectivity index (χ2n) is 7.32. The highest BCUT2D eigenvalue weighted by Gasteiger charge is 2.47. The zero-order chi connectivity index (χ0) is 23.2. The number of nitrogens with one attached hydrogen (secondary N) is 1. The lowest BCUT2D eigenvalue weighted by Crippen LogP contribution is -2.59. The highest BCUT2D eigenvalue weighted by molar-refractivity contribution is 5.90. The first kappa shape index (κ1) is 24.4. The van der Waals surface area contributed by atoms with Gasteiger partial charge in [-0.05, 0) is 17.5 Å². The minimum Gasteiger partial charge on any atom is -0.428 e. The Morgan fingerprint density at radius 1 is 1.19 bits per heavy atom. The molecule has 1 aromatic carbocycles. The summed E-state index contributed by atoms with van der Waals surface area (Å²) in [5.41, 5.74) is 5.27. The van der Waals surface area contributed by atoms with Crippen molar-refractivity contribution in [2.75, 3.05) is 0 Å². The molecular weight excluding hydrogens is 415 g/mol. The molecule has 170 valence electrons. The lowest BCUT2D eigenvalue weighted by atomic mass is 10.1. The summed E-state index contributed by atoms with van der Waals surface area (Å²) in [7, 11) is 0. The summed E-state index contributed by atoms with van der Waals surface area (Å²) >= 11 is 0. The van der Waals surface area contributed by atoms with Crippen molar-refractivity contribution in [1.82, 2.24) is 10.2 Å². The number of carbonyl (C=O) groups excluding carboxylic acids is 3. The first-order valence-corrected chi connectivity index (χ1v) is 9.94. The quantitative estimate of drug-likeness (QED) is 0.367. The molecule has 1 aliphatic heterocycles. The van der Waals surface area contributed by atoms with Crippen molar-refractivity contribution in [3.8, 4) is 0 Å². The van der Waals surface area contributed by atoms with Gasteiger partial charge in [-0.25, -0.2) is 4.79 Å². The van der Waals surface area contributed by atoms with Crippen molar-refractivity contribution in [1.29, 1.82) is 0 Å². The number of benzene rings is 1. The van der Waals surface area contributed by atoms with Gasteiger partial charge in [0.25, 0.3) is 5.91 Å². The summed E-state index contributed by atoms with van der Waals surface area (Å²) in [6.07, 6.45) is -1.84. The fourth-order valence-corrected chi connectivity index (χ4v) is 3.11. The number of amides is 2. The molecule has 0 bridgehead atoms. The number of esters is 1. The van der Waals surface area contributed by atoms with Crippen molar-refractivity contribution in [2.24, 2.45) is 5.73 Å². The van der Waals surface area contributed by atoms with E-state index < -0.39 is 29.8 Å². The van der Waals surface area contributed by atoms with Crippen LogP contribution < -0.4 is 11.1 Å². The minimum atomic E-state index is -5.28. The average molecular weight is 441 g/mol. The predicted molar refractivity (Wildman–Crippen MR) is 106 cm³/mol. The normalized spacial score (nSPS) is 16.5. The molecule has 2 atom stereocenters. The molecule has 10 heteroatoms. The number of nitrogens with two attached hydrogens (primary N) is 1. The second kappa shape index (κ2) is 9.95. The van der Waals surface area contributed by atoms with Crippen LogP contribution in [0.2, 0.25) is 0 Å². The number of halogens is 3. The summed E-state index contributed by atoms with van der Waals surface area (Å²) in [5.74, 6) is -3.88. The monoisotopic (exact) mass is 441 g/mol. The number of ether oxygens (including phenoxy) is 1. The predicted octanol–water partition coefficient (Wildman–Crippen LogP) is 2.54. The summed E-state index contributed by atoms with van der Waals surface area (Å²) in [5, 5.41) is 2.46. The summed E-state index contributed by atoms with van der Waals surface area (Å²) in [6.45, 7) is 4.10. The Kier molecular flexibility index (Phi) is 7.83. The van der Waals surface area contributed by atoms with E-state index in [1.54, 1.807) is 4.90 Å². The van der Waals surface area contributed by atoms with Crippen molar-refractivity contribution in [2.45, 2.75) is 64.1 Å².